The number of fused-ring (bicyclic) bond motifs is 1. The Bertz CT molecular complexity index is 1130. The van der Waals surface area contributed by atoms with Crippen LogP contribution in [0.15, 0.2) is 71.9 Å². The molecule has 7 nitrogen and oxygen atoms in total. The number of rotatable bonds is 5. The number of carbonyl (C=O) groups is 1. The number of aromatic amines is 1. The second-order valence-corrected chi connectivity index (χ2v) is 6.11. The van der Waals surface area contributed by atoms with Gasteiger partial charge in [0, 0.05) is 24.8 Å². The highest BCUT2D eigenvalue weighted by atomic mass is 16.1. The first-order valence-electron chi connectivity index (χ1n) is 8.54. The second-order valence-electron chi connectivity index (χ2n) is 6.11. The lowest BCUT2D eigenvalue weighted by Crippen LogP contribution is -2.23. The van der Waals surface area contributed by atoms with Crippen molar-refractivity contribution in [3.8, 4) is 11.3 Å². The van der Waals surface area contributed by atoms with Crippen LogP contribution in [0.1, 0.15) is 6.42 Å². The van der Waals surface area contributed by atoms with Crippen molar-refractivity contribution in [1.82, 2.24) is 19.7 Å². The van der Waals surface area contributed by atoms with Gasteiger partial charge in [0.1, 0.15) is 0 Å². The lowest BCUT2D eigenvalue weighted by Gasteiger charge is -2.08. The van der Waals surface area contributed by atoms with Gasteiger partial charge in [-0.05, 0) is 35.9 Å². The third-order valence-electron chi connectivity index (χ3n) is 4.29. The van der Waals surface area contributed by atoms with Gasteiger partial charge in [-0.25, -0.2) is 4.98 Å². The van der Waals surface area contributed by atoms with Gasteiger partial charge in [0.05, 0.1) is 22.9 Å². The summed E-state index contributed by atoms with van der Waals surface area (Å²) in [5.41, 5.74) is 3.11. The van der Waals surface area contributed by atoms with Crippen LogP contribution in [0.2, 0.25) is 0 Å². The van der Waals surface area contributed by atoms with Gasteiger partial charge in [-0.3, -0.25) is 19.3 Å². The standard InChI is InChI=1S/C20H17N5O2/c26-19(23-15-7-5-14(6-8-15)17-9-11-22-24-17)10-12-25-13-21-18-4-2-1-3-16(18)20(25)27/h1-9,11,13H,10,12H2,(H,22,24)(H,23,26). The molecule has 0 aliphatic heterocycles. The summed E-state index contributed by atoms with van der Waals surface area (Å²) in [5, 5.41) is 10.2. The number of H-pyrrole nitrogens is 1. The molecule has 2 aromatic heterocycles. The Morgan fingerprint density at radius 2 is 1.89 bits per heavy atom. The topological polar surface area (TPSA) is 92.7 Å². The summed E-state index contributed by atoms with van der Waals surface area (Å²) in [6, 6.07) is 16.5. The lowest BCUT2D eigenvalue weighted by atomic mass is 10.1. The molecule has 2 heterocycles. The Labute approximate surface area is 154 Å². The summed E-state index contributed by atoms with van der Waals surface area (Å²) in [7, 11) is 0. The minimum atomic E-state index is -0.163. The Kier molecular flexibility index (Phi) is 4.49. The quantitative estimate of drug-likeness (QED) is 0.573. The van der Waals surface area contributed by atoms with Crippen molar-refractivity contribution >= 4 is 22.5 Å². The van der Waals surface area contributed by atoms with E-state index in [1.807, 2.05) is 36.4 Å². The summed E-state index contributed by atoms with van der Waals surface area (Å²) < 4.78 is 1.46. The minimum absolute atomic E-state index is 0.141. The molecular formula is C20H17N5O2. The van der Waals surface area contributed by atoms with Gasteiger partial charge >= 0.3 is 0 Å². The molecule has 0 saturated carbocycles. The van der Waals surface area contributed by atoms with Crippen LogP contribution in [0.4, 0.5) is 5.69 Å². The van der Waals surface area contributed by atoms with Crippen LogP contribution in [0.25, 0.3) is 22.2 Å². The molecule has 0 unspecified atom stereocenters. The number of hydrogen-bond donors (Lipinski definition) is 2. The van der Waals surface area contributed by atoms with Gasteiger partial charge in [-0.15, -0.1) is 0 Å². The highest BCUT2D eigenvalue weighted by molar-refractivity contribution is 5.90. The maximum absolute atomic E-state index is 12.4. The van der Waals surface area contributed by atoms with Crippen molar-refractivity contribution in [2.45, 2.75) is 13.0 Å². The summed E-state index contributed by atoms with van der Waals surface area (Å²) in [4.78, 5) is 28.9. The molecule has 0 aliphatic rings. The Morgan fingerprint density at radius 3 is 2.67 bits per heavy atom. The van der Waals surface area contributed by atoms with Crippen LogP contribution < -0.4 is 10.9 Å². The fraction of sp³-hybridized carbons (Fsp3) is 0.100. The molecule has 0 aliphatic carbocycles. The number of anilines is 1. The van der Waals surface area contributed by atoms with Gasteiger partial charge in [-0.2, -0.15) is 5.10 Å². The molecule has 1 amide bonds. The molecule has 0 saturated heterocycles. The number of para-hydroxylation sites is 1. The minimum Gasteiger partial charge on any atom is -0.326 e. The summed E-state index contributed by atoms with van der Waals surface area (Å²) in [5.74, 6) is -0.163. The van der Waals surface area contributed by atoms with Gasteiger partial charge in [0.25, 0.3) is 5.56 Å². The molecule has 0 radical (unpaired) electrons. The van der Waals surface area contributed by atoms with Gasteiger partial charge in [0.2, 0.25) is 5.91 Å². The molecular weight excluding hydrogens is 342 g/mol. The third-order valence-corrected chi connectivity index (χ3v) is 4.29. The molecule has 7 heteroatoms. The first kappa shape index (κ1) is 16.7. The van der Waals surface area contributed by atoms with Crippen LogP contribution in [0.3, 0.4) is 0 Å². The van der Waals surface area contributed by atoms with E-state index in [0.29, 0.717) is 16.6 Å². The van der Waals surface area contributed by atoms with E-state index in [0.717, 1.165) is 11.3 Å². The Balaban J connectivity index is 1.40. The third kappa shape index (κ3) is 3.62. The number of nitrogens with one attached hydrogen (secondary N) is 2. The average molecular weight is 359 g/mol. The molecule has 0 fully saturated rings. The monoisotopic (exact) mass is 359 g/mol. The summed E-state index contributed by atoms with van der Waals surface area (Å²) in [6.45, 7) is 0.273. The van der Waals surface area contributed by atoms with Crippen molar-refractivity contribution in [3.63, 3.8) is 0 Å². The number of benzene rings is 2. The highest BCUT2D eigenvalue weighted by Gasteiger charge is 2.07. The summed E-state index contributed by atoms with van der Waals surface area (Å²) >= 11 is 0. The van der Waals surface area contributed by atoms with E-state index in [-0.39, 0.29) is 24.4 Å². The average Bonchev–Trinajstić information content (AvgIpc) is 3.23. The van der Waals surface area contributed by atoms with E-state index in [4.69, 9.17) is 0 Å². The zero-order valence-corrected chi connectivity index (χ0v) is 14.4. The van der Waals surface area contributed by atoms with Crippen LogP contribution in [0, 0.1) is 0 Å². The molecule has 4 rings (SSSR count). The molecule has 4 aromatic rings. The smallest absolute Gasteiger partial charge is 0.261 e. The maximum atomic E-state index is 12.4. The lowest BCUT2D eigenvalue weighted by molar-refractivity contribution is -0.116. The number of aromatic nitrogens is 4. The largest absolute Gasteiger partial charge is 0.326 e. The van der Waals surface area contributed by atoms with Gasteiger partial charge in [0.15, 0.2) is 0 Å². The van der Waals surface area contributed by atoms with Crippen LogP contribution in [-0.4, -0.2) is 25.7 Å². The Hall–Kier alpha value is -3.74. The van der Waals surface area contributed by atoms with E-state index in [2.05, 4.69) is 20.5 Å². The fourth-order valence-electron chi connectivity index (χ4n) is 2.86. The van der Waals surface area contributed by atoms with E-state index in [9.17, 15) is 9.59 Å². The number of aryl methyl sites for hydroxylation is 1. The molecule has 27 heavy (non-hydrogen) atoms. The number of nitrogens with zero attached hydrogens (tertiary/aromatic N) is 3. The van der Waals surface area contributed by atoms with E-state index < -0.39 is 0 Å². The van der Waals surface area contributed by atoms with Crippen LogP contribution in [-0.2, 0) is 11.3 Å². The van der Waals surface area contributed by atoms with Crippen LogP contribution >= 0.6 is 0 Å². The molecule has 134 valence electrons. The second kappa shape index (κ2) is 7.25. The maximum Gasteiger partial charge on any atom is 0.261 e. The highest BCUT2D eigenvalue weighted by Crippen LogP contribution is 2.19. The number of amides is 1. The Morgan fingerprint density at radius 1 is 1.07 bits per heavy atom. The molecule has 0 spiro atoms. The van der Waals surface area contributed by atoms with E-state index in [1.165, 1.54) is 10.9 Å². The first-order valence-corrected chi connectivity index (χ1v) is 8.54. The molecule has 0 atom stereocenters. The van der Waals surface area contributed by atoms with Crippen LogP contribution in [0.5, 0.6) is 0 Å². The zero-order chi connectivity index (χ0) is 18.6. The predicted octanol–water partition coefficient (Wildman–Crippen LogP) is 2.82. The molecule has 2 aromatic carbocycles. The van der Waals surface area contributed by atoms with Crippen molar-refractivity contribution in [3.05, 3.63) is 77.5 Å². The van der Waals surface area contributed by atoms with Gasteiger partial charge < -0.3 is 5.32 Å². The van der Waals surface area contributed by atoms with E-state index in [1.54, 1.807) is 24.4 Å². The van der Waals surface area contributed by atoms with Crippen molar-refractivity contribution in [2.75, 3.05) is 5.32 Å². The van der Waals surface area contributed by atoms with Crippen molar-refractivity contribution < 1.29 is 4.79 Å². The van der Waals surface area contributed by atoms with Crippen molar-refractivity contribution in [1.29, 1.82) is 0 Å². The number of hydrogen-bond acceptors (Lipinski definition) is 4. The normalized spacial score (nSPS) is 10.8. The predicted molar refractivity (Wildman–Crippen MR) is 103 cm³/mol. The van der Waals surface area contributed by atoms with Gasteiger partial charge in [-0.1, -0.05) is 24.3 Å². The van der Waals surface area contributed by atoms with Crippen molar-refractivity contribution in [2.24, 2.45) is 0 Å². The fourth-order valence-corrected chi connectivity index (χ4v) is 2.86. The summed E-state index contributed by atoms with van der Waals surface area (Å²) in [6.07, 6.45) is 3.36. The zero-order valence-electron chi connectivity index (χ0n) is 14.4. The number of carbonyl (C=O) groups excluding carboxylic acids is 1. The molecule has 2 N–H and O–H groups in total. The molecule has 0 bridgehead atoms. The van der Waals surface area contributed by atoms with E-state index >= 15 is 0 Å². The first-order chi connectivity index (χ1) is 13.2. The SMILES string of the molecule is O=C(CCn1cnc2ccccc2c1=O)Nc1ccc(-c2ccn[nH]2)cc1.